The second kappa shape index (κ2) is 12.1. The van der Waals surface area contributed by atoms with Gasteiger partial charge >= 0.3 is 6.09 Å². The van der Waals surface area contributed by atoms with Crippen molar-refractivity contribution in [2.24, 2.45) is 5.41 Å². The summed E-state index contributed by atoms with van der Waals surface area (Å²) >= 11 is 12.4. The predicted octanol–water partition coefficient (Wildman–Crippen LogP) is 5.69. The highest BCUT2D eigenvalue weighted by Crippen LogP contribution is 2.33. The molecule has 0 saturated carbocycles. The van der Waals surface area contributed by atoms with Crippen LogP contribution in [0.5, 0.6) is 0 Å². The van der Waals surface area contributed by atoms with Crippen molar-refractivity contribution in [3.05, 3.63) is 52.9 Å². The van der Waals surface area contributed by atoms with Crippen molar-refractivity contribution >= 4 is 52.1 Å². The number of benzene rings is 1. The highest BCUT2D eigenvalue weighted by molar-refractivity contribution is 6.42. The van der Waals surface area contributed by atoms with Crippen LogP contribution in [0.15, 0.2) is 42.9 Å². The molecule has 0 spiro atoms. The van der Waals surface area contributed by atoms with Crippen molar-refractivity contribution < 1.29 is 19.8 Å². The normalized spacial score (nSPS) is 14.2. The molecule has 3 aromatic rings. The average molecular weight is 550 g/mol. The minimum Gasteiger partial charge on any atom is -0.465 e. The summed E-state index contributed by atoms with van der Waals surface area (Å²) in [4.78, 5) is 35.5. The number of imidazole rings is 1. The van der Waals surface area contributed by atoms with E-state index in [0.29, 0.717) is 33.9 Å². The predicted molar refractivity (Wildman–Crippen MR) is 145 cm³/mol. The second-order valence-electron chi connectivity index (χ2n) is 10.1. The van der Waals surface area contributed by atoms with E-state index >= 15 is 0 Å². The lowest BCUT2D eigenvalue weighted by Crippen LogP contribution is -2.59. The van der Waals surface area contributed by atoms with Crippen molar-refractivity contribution in [2.75, 3.05) is 5.32 Å². The van der Waals surface area contributed by atoms with Gasteiger partial charge < -0.3 is 20.1 Å². The molecular weight excluding hydrogens is 517 g/mol. The van der Waals surface area contributed by atoms with Crippen LogP contribution in [0.2, 0.25) is 10.0 Å². The summed E-state index contributed by atoms with van der Waals surface area (Å²) in [6.07, 6.45) is 1.99. The van der Waals surface area contributed by atoms with E-state index in [1.165, 1.54) is 11.1 Å². The molecule has 2 amide bonds. The molecule has 1 unspecified atom stereocenters. The molecule has 2 heterocycles. The van der Waals surface area contributed by atoms with Crippen molar-refractivity contribution in [3.63, 3.8) is 0 Å². The molecule has 0 radical (unpaired) electrons. The molecule has 0 fully saturated rings. The number of hydrogen-bond donors (Lipinski definition) is 3. The monoisotopic (exact) mass is 549 g/mol. The summed E-state index contributed by atoms with van der Waals surface area (Å²) in [6.45, 7) is 7.97. The highest BCUT2D eigenvalue weighted by Gasteiger charge is 2.42. The van der Waals surface area contributed by atoms with Gasteiger partial charge in [-0.2, -0.15) is 0 Å². The number of aliphatic hydroxyl groups excluding tert-OH is 1. The van der Waals surface area contributed by atoms with Crippen LogP contribution in [0, 0.1) is 5.41 Å². The van der Waals surface area contributed by atoms with Gasteiger partial charge in [0.25, 0.3) is 5.91 Å². The van der Waals surface area contributed by atoms with Gasteiger partial charge in [-0.3, -0.25) is 9.69 Å². The van der Waals surface area contributed by atoms with E-state index in [-0.39, 0.29) is 12.4 Å². The van der Waals surface area contributed by atoms with Gasteiger partial charge in [0.1, 0.15) is 5.82 Å². The standard InChI is InChI=1S/C26H33Cl2N5O4/c1-5-6-9-19(23(34)24(35)31-22-10-7-8-11-29-22)33(25(36)37)21(26(2,3)4)14-32-15-30-18-12-16(27)17(28)13-20(18)32/h7-8,10-13,15,19,21,23,34H,5-6,9,14H2,1-4H3,(H,36,37)(H,29,31,35)/t19-,21?,23-/m0/s1. The number of aliphatic hydroxyl groups is 1. The fourth-order valence-corrected chi connectivity index (χ4v) is 4.66. The van der Waals surface area contributed by atoms with E-state index in [1.54, 1.807) is 36.7 Å². The van der Waals surface area contributed by atoms with Gasteiger partial charge in [-0.25, -0.2) is 14.8 Å². The van der Waals surface area contributed by atoms with Crippen LogP contribution in [-0.4, -0.2) is 59.8 Å². The number of fused-ring (bicyclic) bond motifs is 1. The maximum atomic E-state index is 13.0. The third-order valence-electron chi connectivity index (χ3n) is 6.35. The molecule has 3 rings (SSSR count). The van der Waals surface area contributed by atoms with E-state index in [4.69, 9.17) is 23.2 Å². The van der Waals surface area contributed by atoms with Crippen LogP contribution in [0.4, 0.5) is 10.6 Å². The summed E-state index contributed by atoms with van der Waals surface area (Å²) in [5.41, 5.74) is 0.765. The summed E-state index contributed by atoms with van der Waals surface area (Å²) in [5.74, 6) is -0.441. The number of pyridine rings is 1. The molecule has 9 nitrogen and oxygen atoms in total. The van der Waals surface area contributed by atoms with Gasteiger partial charge in [0, 0.05) is 12.7 Å². The molecule has 3 N–H and O–H groups in total. The Bertz CT molecular complexity index is 1230. The summed E-state index contributed by atoms with van der Waals surface area (Å²) in [5, 5.41) is 24.9. The van der Waals surface area contributed by atoms with Crippen LogP contribution in [0.3, 0.4) is 0 Å². The van der Waals surface area contributed by atoms with Crippen molar-refractivity contribution in [1.29, 1.82) is 0 Å². The fraction of sp³-hybridized carbons (Fsp3) is 0.462. The Morgan fingerprint density at radius 2 is 1.86 bits per heavy atom. The minimum atomic E-state index is -1.61. The molecule has 37 heavy (non-hydrogen) atoms. The quantitative estimate of drug-likeness (QED) is 0.298. The van der Waals surface area contributed by atoms with E-state index in [1.807, 2.05) is 32.3 Å². The lowest BCUT2D eigenvalue weighted by atomic mass is 9.83. The number of nitrogens with zero attached hydrogens (tertiary/aromatic N) is 4. The first kappa shape index (κ1) is 28.7. The number of carbonyl (C=O) groups is 2. The highest BCUT2D eigenvalue weighted by atomic mass is 35.5. The molecule has 0 saturated heterocycles. The van der Waals surface area contributed by atoms with Crippen LogP contribution < -0.4 is 5.32 Å². The molecule has 200 valence electrons. The Balaban J connectivity index is 2.00. The smallest absolute Gasteiger partial charge is 0.407 e. The maximum absolute atomic E-state index is 13.0. The third kappa shape index (κ3) is 6.91. The minimum absolute atomic E-state index is 0.224. The van der Waals surface area contributed by atoms with Crippen molar-refractivity contribution in [3.8, 4) is 0 Å². The Morgan fingerprint density at radius 3 is 2.46 bits per heavy atom. The number of halogens is 2. The molecule has 0 aliphatic carbocycles. The van der Waals surface area contributed by atoms with E-state index in [2.05, 4.69) is 15.3 Å². The number of aromatic nitrogens is 3. The zero-order chi connectivity index (χ0) is 27.3. The third-order valence-corrected chi connectivity index (χ3v) is 7.07. The Morgan fingerprint density at radius 1 is 1.16 bits per heavy atom. The SMILES string of the molecule is CCCC[C@@H]([C@H](O)C(=O)Nc1ccccn1)N(C(=O)O)C(Cn1cnc2cc(Cl)c(Cl)cc21)C(C)(C)C. The zero-order valence-corrected chi connectivity index (χ0v) is 22.9. The largest absolute Gasteiger partial charge is 0.465 e. The lowest BCUT2D eigenvalue weighted by Gasteiger charge is -2.44. The first-order valence-corrected chi connectivity index (χ1v) is 12.9. The lowest BCUT2D eigenvalue weighted by molar-refractivity contribution is -0.128. The number of rotatable bonds is 10. The second-order valence-corrected chi connectivity index (χ2v) is 10.9. The van der Waals surface area contributed by atoms with Crippen LogP contribution >= 0.6 is 23.2 Å². The Kier molecular flexibility index (Phi) is 9.39. The van der Waals surface area contributed by atoms with Crippen molar-refractivity contribution in [1.82, 2.24) is 19.4 Å². The Hall–Kier alpha value is -2.88. The molecule has 3 atom stereocenters. The van der Waals surface area contributed by atoms with E-state index < -0.39 is 35.6 Å². The first-order valence-electron chi connectivity index (χ1n) is 12.1. The van der Waals surface area contributed by atoms with Gasteiger partial charge in [0.2, 0.25) is 0 Å². The number of hydrogen-bond acceptors (Lipinski definition) is 5. The average Bonchev–Trinajstić information content (AvgIpc) is 3.21. The number of anilines is 1. The summed E-state index contributed by atoms with van der Waals surface area (Å²) in [6, 6.07) is 6.75. The summed E-state index contributed by atoms with van der Waals surface area (Å²) < 4.78 is 1.82. The number of amides is 2. The number of carboxylic acid groups (broad SMARTS) is 1. The molecule has 1 aromatic carbocycles. The molecular formula is C26H33Cl2N5O4. The van der Waals surface area contributed by atoms with Gasteiger partial charge in [-0.15, -0.1) is 0 Å². The molecule has 2 aromatic heterocycles. The van der Waals surface area contributed by atoms with E-state index in [0.717, 1.165) is 6.42 Å². The number of carbonyl (C=O) groups excluding carboxylic acids is 1. The van der Waals surface area contributed by atoms with Gasteiger partial charge in [-0.1, -0.05) is 69.8 Å². The number of nitrogens with one attached hydrogen (secondary N) is 1. The van der Waals surface area contributed by atoms with E-state index in [9.17, 15) is 19.8 Å². The molecule has 0 aliphatic heterocycles. The first-order chi connectivity index (χ1) is 17.4. The molecule has 11 heteroatoms. The summed E-state index contributed by atoms with van der Waals surface area (Å²) in [7, 11) is 0. The molecule has 0 aliphatic rings. The zero-order valence-electron chi connectivity index (χ0n) is 21.4. The van der Waals surface area contributed by atoms with Crippen LogP contribution in [0.1, 0.15) is 47.0 Å². The van der Waals surface area contributed by atoms with Crippen molar-refractivity contribution in [2.45, 2.75) is 71.7 Å². The van der Waals surface area contributed by atoms with Gasteiger partial charge in [-0.05, 0) is 36.1 Å². The fourth-order valence-electron chi connectivity index (χ4n) is 4.34. The molecule has 0 bridgehead atoms. The van der Waals surface area contributed by atoms with Crippen LogP contribution in [0.25, 0.3) is 11.0 Å². The Labute approximate surface area is 226 Å². The topological polar surface area (TPSA) is 121 Å². The maximum Gasteiger partial charge on any atom is 0.407 e. The van der Waals surface area contributed by atoms with Gasteiger partial charge in [0.15, 0.2) is 6.10 Å². The van der Waals surface area contributed by atoms with Crippen LogP contribution in [-0.2, 0) is 11.3 Å². The van der Waals surface area contributed by atoms with Gasteiger partial charge in [0.05, 0.1) is 39.5 Å². The number of unbranched alkanes of at least 4 members (excludes halogenated alkanes) is 1.